The largest absolute Gasteiger partial charge is 0.504 e. The van der Waals surface area contributed by atoms with Gasteiger partial charge in [-0.15, -0.1) is 0 Å². The van der Waals surface area contributed by atoms with Gasteiger partial charge in [0.2, 0.25) is 0 Å². The van der Waals surface area contributed by atoms with Gasteiger partial charge in [0.25, 0.3) is 0 Å². The average Bonchev–Trinajstić information content (AvgIpc) is 3.53. The average molecular weight is 470 g/mol. The summed E-state index contributed by atoms with van der Waals surface area (Å²) in [4.78, 5) is 2.80. The van der Waals surface area contributed by atoms with Gasteiger partial charge in [-0.3, -0.25) is 4.90 Å². The minimum atomic E-state index is -0.923. The molecule has 188 valence electrons. The first-order chi connectivity index (χ1) is 16.0. The van der Waals surface area contributed by atoms with Gasteiger partial charge in [0.05, 0.1) is 5.60 Å². The molecule has 2 N–H and O–H groups in total. The third-order valence-electron chi connectivity index (χ3n) is 11.2. The Morgan fingerprint density at radius 2 is 1.94 bits per heavy atom. The molecule has 5 aliphatic rings. The normalized spacial score (nSPS) is 40.4. The second kappa shape index (κ2) is 7.14. The molecule has 3 aliphatic carbocycles. The van der Waals surface area contributed by atoms with E-state index in [1.54, 1.807) is 7.11 Å². The van der Waals surface area contributed by atoms with Crippen molar-refractivity contribution in [2.24, 2.45) is 22.7 Å². The second-order valence-electron chi connectivity index (χ2n) is 13.3. The molecule has 34 heavy (non-hydrogen) atoms. The van der Waals surface area contributed by atoms with Crippen LogP contribution in [0.2, 0.25) is 0 Å². The zero-order valence-corrected chi connectivity index (χ0v) is 21.9. The fourth-order valence-electron chi connectivity index (χ4n) is 8.76. The van der Waals surface area contributed by atoms with Crippen LogP contribution in [0.25, 0.3) is 0 Å². The number of likely N-dealkylation sites (tertiary alicyclic amines) is 1. The lowest BCUT2D eigenvalue weighted by Crippen LogP contribution is -2.76. The Balaban J connectivity index is 1.58. The molecule has 6 rings (SSSR count). The van der Waals surface area contributed by atoms with Crippen molar-refractivity contribution in [2.45, 2.75) is 102 Å². The number of phenols is 1. The van der Waals surface area contributed by atoms with Gasteiger partial charge in [-0.2, -0.15) is 0 Å². The standard InChI is InChI=1S/C29H43NO4/c1-7-28-15-19(27(5,32)26(2,3)4)23(33-6)25-29(28)12-13-30(16-17-8-9-17)21(28)14-18-10-11-20(31)24(34-25)22(18)29/h10-11,17,19,21,23,25,31-32H,7-9,12-16H2,1-6H3/t19-,21+,23+,25-,27-,28+,29-/m0/s1. The number of phenolic OH excluding ortho intramolecular Hbond substituents is 1. The molecule has 2 aliphatic heterocycles. The van der Waals surface area contributed by atoms with Crippen LogP contribution in [0.3, 0.4) is 0 Å². The van der Waals surface area contributed by atoms with Gasteiger partial charge >= 0.3 is 0 Å². The van der Waals surface area contributed by atoms with E-state index in [1.807, 2.05) is 13.0 Å². The summed E-state index contributed by atoms with van der Waals surface area (Å²) in [7, 11) is 1.78. The van der Waals surface area contributed by atoms with Crippen LogP contribution < -0.4 is 4.74 Å². The molecule has 1 saturated heterocycles. The molecule has 5 nitrogen and oxygen atoms in total. The number of methoxy groups -OCH3 is 1. The zero-order valence-electron chi connectivity index (χ0n) is 21.9. The Kier molecular flexibility index (Phi) is 4.85. The van der Waals surface area contributed by atoms with E-state index in [0.29, 0.717) is 11.8 Å². The summed E-state index contributed by atoms with van der Waals surface area (Å²) in [5.41, 5.74) is 1.18. The number of aromatic hydroxyl groups is 1. The van der Waals surface area contributed by atoms with Crippen molar-refractivity contribution < 1.29 is 19.7 Å². The number of piperidine rings is 1. The van der Waals surface area contributed by atoms with Crippen molar-refractivity contribution in [3.63, 3.8) is 0 Å². The van der Waals surface area contributed by atoms with Crippen LogP contribution in [0, 0.1) is 22.7 Å². The van der Waals surface area contributed by atoms with Crippen molar-refractivity contribution >= 4 is 0 Å². The van der Waals surface area contributed by atoms with Crippen LogP contribution >= 0.6 is 0 Å². The number of aliphatic hydroxyl groups is 1. The van der Waals surface area contributed by atoms with Crippen LogP contribution in [0.15, 0.2) is 12.1 Å². The molecule has 3 fully saturated rings. The van der Waals surface area contributed by atoms with E-state index in [2.05, 4.69) is 38.7 Å². The third kappa shape index (κ3) is 2.67. The highest BCUT2D eigenvalue weighted by atomic mass is 16.5. The third-order valence-corrected chi connectivity index (χ3v) is 11.2. The highest BCUT2D eigenvalue weighted by Crippen LogP contribution is 2.72. The van der Waals surface area contributed by atoms with E-state index in [0.717, 1.165) is 38.1 Å². The molecular formula is C29H43NO4. The smallest absolute Gasteiger partial charge is 0.165 e. The quantitative estimate of drug-likeness (QED) is 0.657. The van der Waals surface area contributed by atoms with E-state index < -0.39 is 5.60 Å². The first-order valence-electron chi connectivity index (χ1n) is 13.5. The summed E-state index contributed by atoms with van der Waals surface area (Å²) < 4.78 is 13.1. The van der Waals surface area contributed by atoms with Crippen LogP contribution in [0.5, 0.6) is 11.5 Å². The van der Waals surface area contributed by atoms with Gasteiger partial charge in [-0.25, -0.2) is 0 Å². The maximum Gasteiger partial charge on any atom is 0.165 e. The highest BCUT2D eigenvalue weighted by Gasteiger charge is 2.75. The summed E-state index contributed by atoms with van der Waals surface area (Å²) >= 11 is 0. The Bertz CT molecular complexity index is 995. The first kappa shape index (κ1) is 23.1. The molecule has 2 saturated carbocycles. The van der Waals surface area contributed by atoms with Crippen molar-refractivity contribution in [1.29, 1.82) is 0 Å². The summed E-state index contributed by atoms with van der Waals surface area (Å²) in [6, 6.07) is 4.40. The van der Waals surface area contributed by atoms with Crippen LogP contribution in [-0.2, 0) is 16.6 Å². The fourth-order valence-corrected chi connectivity index (χ4v) is 8.76. The van der Waals surface area contributed by atoms with Crippen molar-refractivity contribution in [3.05, 3.63) is 23.3 Å². The minimum Gasteiger partial charge on any atom is -0.504 e. The molecule has 0 amide bonds. The zero-order chi connectivity index (χ0) is 24.3. The number of hydrogen-bond acceptors (Lipinski definition) is 5. The summed E-state index contributed by atoms with van der Waals surface area (Å²) in [6.07, 6.45) is 6.29. The lowest BCUT2D eigenvalue weighted by molar-refractivity contribution is -0.237. The van der Waals surface area contributed by atoms with Gasteiger partial charge in [0.1, 0.15) is 12.2 Å². The number of nitrogens with zero attached hydrogens (tertiary/aromatic N) is 1. The van der Waals surface area contributed by atoms with E-state index in [9.17, 15) is 10.2 Å². The molecular weight excluding hydrogens is 426 g/mol. The summed E-state index contributed by atoms with van der Waals surface area (Å²) in [5, 5.41) is 23.0. The second-order valence-corrected chi connectivity index (χ2v) is 13.3. The SMILES string of the molecule is CC[C@]12C[C@H]([C@](C)(O)C(C)(C)C)[C@@H](OC)[C@@H]3Oc4c(O)ccc5c4[C@@]31CCN(CC1CC1)[C@@H]2C5. The predicted molar refractivity (Wildman–Crippen MR) is 132 cm³/mol. The Morgan fingerprint density at radius 3 is 2.56 bits per heavy atom. The Morgan fingerprint density at radius 1 is 1.21 bits per heavy atom. The number of hydrogen-bond donors (Lipinski definition) is 2. The minimum absolute atomic E-state index is 0.0220. The number of benzene rings is 1. The van der Waals surface area contributed by atoms with Crippen molar-refractivity contribution in [1.82, 2.24) is 4.90 Å². The Labute approximate surface area is 204 Å². The molecule has 0 aromatic heterocycles. The van der Waals surface area contributed by atoms with Gasteiger partial charge in [-0.05, 0) is 80.4 Å². The van der Waals surface area contributed by atoms with Crippen molar-refractivity contribution in [3.8, 4) is 11.5 Å². The van der Waals surface area contributed by atoms with E-state index in [4.69, 9.17) is 9.47 Å². The fraction of sp³-hybridized carbons (Fsp3) is 0.793. The summed E-state index contributed by atoms with van der Waals surface area (Å²) in [5.74, 6) is 1.73. The summed E-state index contributed by atoms with van der Waals surface area (Å²) in [6.45, 7) is 13.1. The van der Waals surface area contributed by atoms with E-state index >= 15 is 0 Å². The lowest BCUT2D eigenvalue weighted by Gasteiger charge is -2.69. The van der Waals surface area contributed by atoms with Crippen molar-refractivity contribution in [2.75, 3.05) is 20.2 Å². The topological polar surface area (TPSA) is 62.2 Å². The Hall–Kier alpha value is -1.30. The van der Waals surface area contributed by atoms with Gasteiger partial charge in [0, 0.05) is 36.6 Å². The molecule has 0 radical (unpaired) electrons. The highest BCUT2D eigenvalue weighted by molar-refractivity contribution is 5.62. The molecule has 2 bridgehead atoms. The van der Waals surface area contributed by atoms with Crippen LogP contribution in [0.4, 0.5) is 0 Å². The first-order valence-corrected chi connectivity index (χ1v) is 13.5. The molecule has 7 atom stereocenters. The van der Waals surface area contributed by atoms with Gasteiger partial charge in [-0.1, -0.05) is 33.8 Å². The maximum absolute atomic E-state index is 12.1. The lowest BCUT2D eigenvalue weighted by atomic mass is 9.39. The molecule has 1 aromatic rings. The molecule has 2 heterocycles. The monoisotopic (exact) mass is 469 g/mol. The maximum atomic E-state index is 12.1. The van der Waals surface area contributed by atoms with E-state index in [1.165, 1.54) is 30.5 Å². The molecule has 0 unspecified atom stereocenters. The predicted octanol–water partition coefficient (Wildman–Crippen LogP) is 4.66. The van der Waals surface area contributed by atoms with Crippen LogP contribution in [0.1, 0.15) is 77.8 Å². The molecule has 1 aromatic carbocycles. The van der Waals surface area contributed by atoms with Crippen LogP contribution in [-0.4, -0.2) is 59.2 Å². The van der Waals surface area contributed by atoms with Gasteiger partial charge in [0.15, 0.2) is 11.5 Å². The van der Waals surface area contributed by atoms with E-state index in [-0.39, 0.29) is 40.1 Å². The number of rotatable bonds is 5. The molecule has 1 spiro atoms. The molecule has 5 heteroatoms. The number of ether oxygens (including phenoxy) is 2. The van der Waals surface area contributed by atoms with Gasteiger partial charge < -0.3 is 19.7 Å².